The fourth-order valence-corrected chi connectivity index (χ4v) is 2.69. The Balaban J connectivity index is 1.88. The highest BCUT2D eigenvalue weighted by atomic mass is 16.4. The lowest BCUT2D eigenvalue weighted by Crippen LogP contribution is -2.40. The van der Waals surface area contributed by atoms with Gasteiger partial charge in [-0.05, 0) is 30.4 Å². The Labute approximate surface area is 107 Å². The summed E-state index contributed by atoms with van der Waals surface area (Å²) in [5.74, 6) is 1.10. The fourth-order valence-electron chi connectivity index (χ4n) is 2.69. The molecule has 1 fully saturated rings. The van der Waals surface area contributed by atoms with Crippen LogP contribution in [-0.2, 0) is 6.54 Å². The normalized spacial score (nSPS) is 28.2. The second-order valence-corrected chi connectivity index (χ2v) is 5.33. The smallest absolute Gasteiger partial charge is 0.371 e. The molecule has 0 spiro atoms. The second-order valence-electron chi connectivity index (χ2n) is 5.33. The zero-order chi connectivity index (χ0) is 13.1. The molecule has 3 atom stereocenters. The third kappa shape index (κ3) is 2.93. The van der Waals surface area contributed by atoms with Crippen LogP contribution >= 0.6 is 0 Å². The number of nitrogens with one attached hydrogen (secondary N) is 1. The maximum absolute atomic E-state index is 10.7. The lowest BCUT2D eigenvalue weighted by molar-refractivity contribution is 0.0660. The standard InChI is InChI=1S/C14H21NO3/c1-9-4-3-5-12(10(9)2)15-8-11-6-7-13(18-11)14(16)17/h6-7,9-10,12,15H,3-5,8H2,1-2H3,(H,16,17). The Morgan fingerprint density at radius 1 is 1.44 bits per heavy atom. The molecule has 4 nitrogen and oxygen atoms in total. The van der Waals surface area contributed by atoms with Crippen molar-refractivity contribution >= 4 is 5.97 Å². The lowest BCUT2D eigenvalue weighted by atomic mass is 9.78. The van der Waals surface area contributed by atoms with Crippen LogP contribution in [-0.4, -0.2) is 17.1 Å². The van der Waals surface area contributed by atoms with Gasteiger partial charge in [0.15, 0.2) is 0 Å². The highest BCUT2D eigenvalue weighted by Gasteiger charge is 2.26. The zero-order valence-corrected chi connectivity index (χ0v) is 11.0. The van der Waals surface area contributed by atoms with Gasteiger partial charge in [-0.25, -0.2) is 4.79 Å². The first kappa shape index (κ1) is 13.1. The van der Waals surface area contributed by atoms with Gasteiger partial charge in [-0.3, -0.25) is 0 Å². The van der Waals surface area contributed by atoms with Crippen molar-refractivity contribution in [2.45, 2.75) is 45.7 Å². The molecular weight excluding hydrogens is 230 g/mol. The summed E-state index contributed by atoms with van der Waals surface area (Å²) in [6.45, 7) is 5.19. The van der Waals surface area contributed by atoms with E-state index >= 15 is 0 Å². The number of carboxylic acids is 1. The Kier molecular flexibility index (Phi) is 4.07. The van der Waals surface area contributed by atoms with Crippen molar-refractivity contribution in [2.75, 3.05) is 0 Å². The first-order chi connectivity index (χ1) is 8.58. The van der Waals surface area contributed by atoms with Crippen LogP contribution in [0.3, 0.4) is 0 Å². The van der Waals surface area contributed by atoms with Gasteiger partial charge in [0.25, 0.3) is 0 Å². The molecule has 1 saturated carbocycles. The van der Waals surface area contributed by atoms with Crippen LogP contribution in [0, 0.1) is 11.8 Å². The van der Waals surface area contributed by atoms with Crippen molar-refractivity contribution in [1.82, 2.24) is 5.32 Å². The van der Waals surface area contributed by atoms with Gasteiger partial charge in [-0.2, -0.15) is 0 Å². The van der Waals surface area contributed by atoms with Crippen LogP contribution in [0.15, 0.2) is 16.5 Å². The van der Waals surface area contributed by atoms with Gasteiger partial charge in [0.1, 0.15) is 5.76 Å². The molecule has 3 unspecified atom stereocenters. The summed E-state index contributed by atoms with van der Waals surface area (Å²) >= 11 is 0. The van der Waals surface area contributed by atoms with Crippen LogP contribution in [0.1, 0.15) is 49.4 Å². The van der Waals surface area contributed by atoms with Crippen molar-refractivity contribution in [2.24, 2.45) is 11.8 Å². The summed E-state index contributed by atoms with van der Waals surface area (Å²) in [6.07, 6.45) is 3.77. The number of hydrogen-bond acceptors (Lipinski definition) is 3. The molecule has 1 aliphatic rings. The molecule has 1 aromatic rings. The van der Waals surface area contributed by atoms with Gasteiger partial charge in [0.2, 0.25) is 5.76 Å². The maximum Gasteiger partial charge on any atom is 0.371 e. The molecule has 4 heteroatoms. The van der Waals surface area contributed by atoms with Crippen molar-refractivity contribution in [1.29, 1.82) is 0 Å². The Bertz CT molecular complexity index is 413. The molecule has 0 amide bonds. The minimum Gasteiger partial charge on any atom is -0.475 e. The highest BCUT2D eigenvalue weighted by molar-refractivity contribution is 5.84. The van der Waals surface area contributed by atoms with E-state index in [-0.39, 0.29) is 5.76 Å². The summed E-state index contributed by atoms with van der Waals surface area (Å²) in [4.78, 5) is 10.7. The van der Waals surface area contributed by atoms with Crippen LogP contribution in [0.5, 0.6) is 0 Å². The largest absolute Gasteiger partial charge is 0.475 e. The molecular formula is C14H21NO3. The quantitative estimate of drug-likeness (QED) is 0.863. The maximum atomic E-state index is 10.7. The average molecular weight is 251 g/mol. The van der Waals surface area contributed by atoms with E-state index in [9.17, 15) is 4.79 Å². The van der Waals surface area contributed by atoms with Crippen molar-refractivity contribution in [3.8, 4) is 0 Å². The van der Waals surface area contributed by atoms with Crippen LogP contribution in [0.2, 0.25) is 0 Å². The van der Waals surface area contributed by atoms with E-state index in [4.69, 9.17) is 9.52 Å². The zero-order valence-electron chi connectivity index (χ0n) is 11.0. The number of furan rings is 1. The van der Waals surface area contributed by atoms with Gasteiger partial charge in [0, 0.05) is 6.04 Å². The SMILES string of the molecule is CC1CCCC(NCc2ccc(C(=O)O)o2)C1C. The number of carboxylic acid groups (broad SMARTS) is 1. The van der Waals surface area contributed by atoms with Gasteiger partial charge < -0.3 is 14.8 Å². The molecule has 0 aliphatic heterocycles. The van der Waals surface area contributed by atoms with Crippen molar-refractivity contribution < 1.29 is 14.3 Å². The molecule has 1 aromatic heterocycles. The lowest BCUT2D eigenvalue weighted by Gasteiger charge is -2.34. The Morgan fingerprint density at radius 2 is 2.22 bits per heavy atom. The van der Waals surface area contributed by atoms with E-state index in [1.54, 1.807) is 6.07 Å². The van der Waals surface area contributed by atoms with Crippen LogP contribution in [0.4, 0.5) is 0 Å². The summed E-state index contributed by atoms with van der Waals surface area (Å²) in [6, 6.07) is 3.74. The molecule has 1 aliphatic carbocycles. The van der Waals surface area contributed by atoms with Crippen LogP contribution in [0.25, 0.3) is 0 Å². The van der Waals surface area contributed by atoms with E-state index < -0.39 is 5.97 Å². The van der Waals surface area contributed by atoms with Crippen molar-refractivity contribution in [3.63, 3.8) is 0 Å². The fraction of sp³-hybridized carbons (Fsp3) is 0.643. The number of hydrogen-bond donors (Lipinski definition) is 2. The van der Waals surface area contributed by atoms with E-state index in [0.29, 0.717) is 24.3 Å². The predicted octanol–water partition coefficient (Wildman–Crippen LogP) is 2.89. The van der Waals surface area contributed by atoms with Crippen LogP contribution < -0.4 is 5.32 Å². The molecule has 0 radical (unpaired) electrons. The summed E-state index contributed by atoms with van der Waals surface area (Å²) in [7, 11) is 0. The topological polar surface area (TPSA) is 62.5 Å². The average Bonchev–Trinajstić information content (AvgIpc) is 2.80. The van der Waals surface area contributed by atoms with Gasteiger partial charge in [-0.15, -0.1) is 0 Å². The third-order valence-electron chi connectivity index (χ3n) is 4.12. The molecule has 18 heavy (non-hydrogen) atoms. The molecule has 100 valence electrons. The molecule has 0 aromatic carbocycles. The first-order valence-corrected chi connectivity index (χ1v) is 6.63. The summed E-state index contributed by atoms with van der Waals surface area (Å²) in [5, 5.41) is 12.3. The van der Waals surface area contributed by atoms with Gasteiger partial charge >= 0.3 is 5.97 Å². The Hall–Kier alpha value is -1.29. The highest BCUT2D eigenvalue weighted by Crippen LogP contribution is 2.29. The van der Waals surface area contributed by atoms with E-state index in [1.807, 2.05) is 0 Å². The molecule has 2 rings (SSSR count). The van der Waals surface area contributed by atoms with E-state index in [1.165, 1.54) is 25.3 Å². The molecule has 2 N–H and O–H groups in total. The number of rotatable bonds is 4. The van der Waals surface area contributed by atoms with E-state index in [2.05, 4.69) is 19.2 Å². The Morgan fingerprint density at radius 3 is 2.89 bits per heavy atom. The second kappa shape index (κ2) is 5.57. The minimum absolute atomic E-state index is 0.0110. The predicted molar refractivity (Wildman–Crippen MR) is 68.5 cm³/mol. The number of carbonyl (C=O) groups is 1. The third-order valence-corrected chi connectivity index (χ3v) is 4.12. The molecule has 0 bridgehead atoms. The molecule has 0 saturated heterocycles. The van der Waals surface area contributed by atoms with Gasteiger partial charge in [-0.1, -0.05) is 26.7 Å². The van der Waals surface area contributed by atoms with Crippen molar-refractivity contribution in [3.05, 3.63) is 23.7 Å². The minimum atomic E-state index is -1.01. The first-order valence-electron chi connectivity index (χ1n) is 6.63. The summed E-state index contributed by atoms with van der Waals surface area (Å²) in [5.41, 5.74) is 0. The monoisotopic (exact) mass is 251 g/mol. The number of aromatic carboxylic acids is 1. The molecule has 1 heterocycles. The van der Waals surface area contributed by atoms with Gasteiger partial charge in [0.05, 0.1) is 6.54 Å². The summed E-state index contributed by atoms with van der Waals surface area (Å²) < 4.78 is 5.24. The van der Waals surface area contributed by atoms with E-state index in [0.717, 1.165) is 5.92 Å².